The quantitative estimate of drug-likeness (QED) is 0.641. The van der Waals surface area contributed by atoms with Crippen molar-refractivity contribution in [2.24, 2.45) is 10.9 Å². The molecular formula is C23H27ClN2O2S. The second kappa shape index (κ2) is 8.11. The zero-order chi connectivity index (χ0) is 20.6. The molecule has 2 aliphatic rings. The number of nitrogens with one attached hydrogen (secondary N) is 1. The summed E-state index contributed by atoms with van der Waals surface area (Å²) in [5, 5.41) is 18.3. The number of carbonyl (C=O) groups is 1. The number of aryl methyl sites for hydroxylation is 1. The molecule has 0 saturated heterocycles. The van der Waals surface area contributed by atoms with Crippen molar-refractivity contribution < 1.29 is 9.90 Å². The number of aliphatic imine (C=N–C) groups is 1. The first-order valence-electron chi connectivity index (χ1n) is 10.2. The molecule has 0 amide bonds. The number of amidine groups is 1. The van der Waals surface area contributed by atoms with E-state index in [4.69, 9.17) is 16.6 Å². The zero-order valence-corrected chi connectivity index (χ0v) is 18.4. The molecule has 1 atom stereocenters. The van der Waals surface area contributed by atoms with Crippen molar-refractivity contribution in [1.82, 2.24) is 5.32 Å². The molecule has 4 rings (SSSR count). The van der Waals surface area contributed by atoms with Gasteiger partial charge in [-0.3, -0.25) is 4.99 Å². The molecule has 4 nitrogen and oxygen atoms in total. The molecule has 1 aliphatic carbocycles. The van der Waals surface area contributed by atoms with Crippen LogP contribution >= 0.6 is 22.9 Å². The van der Waals surface area contributed by atoms with Gasteiger partial charge in [-0.1, -0.05) is 24.4 Å². The van der Waals surface area contributed by atoms with Crippen LogP contribution in [0.1, 0.15) is 55.4 Å². The van der Waals surface area contributed by atoms with Crippen LogP contribution in [0.2, 0.25) is 5.02 Å². The van der Waals surface area contributed by atoms with E-state index in [-0.39, 0.29) is 5.54 Å². The van der Waals surface area contributed by atoms with E-state index < -0.39 is 12.0 Å². The highest BCUT2D eigenvalue weighted by Crippen LogP contribution is 2.34. The van der Waals surface area contributed by atoms with Crippen LogP contribution in [-0.4, -0.2) is 28.5 Å². The standard InChI is InChI=1S/C23H27ClN2O2S/c1-23(2)11-16-9-18(24)7-8-19(16)21(26-23)25-20(22(27)28)10-17-13-29-12-15(17)6-5-14-3-4-14/h7-9,12-14,20H,3-6,10-11H2,1-2H3,(H,25,26)(H,27,28). The molecule has 2 heterocycles. The highest BCUT2D eigenvalue weighted by molar-refractivity contribution is 7.08. The van der Waals surface area contributed by atoms with Gasteiger partial charge in [-0.05, 0) is 84.7 Å². The van der Waals surface area contributed by atoms with Crippen LogP contribution in [0.5, 0.6) is 0 Å². The fraction of sp³-hybridized carbons (Fsp3) is 0.478. The van der Waals surface area contributed by atoms with Crippen molar-refractivity contribution in [3.8, 4) is 0 Å². The van der Waals surface area contributed by atoms with Crippen molar-refractivity contribution in [2.45, 2.75) is 64.0 Å². The Kier molecular flexibility index (Phi) is 5.71. The predicted molar refractivity (Wildman–Crippen MR) is 119 cm³/mol. The molecule has 1 fully saturated rings. The van der Waals surface area contributed by atoms with Gasteiger partial charge in [0.15, 0.2) is 6.04 Å². The molecule has 154 valence electrons. The van der Waals surface area contributed by atoms with Crippen LogP contribution in [0.3, 0.4) is 0 Å². The highest BCUT2D eigenvalue weighted by Gasteiger charge is 2.30. The third-order valence-electron chi connectivity index (χ3n) is 5.75. The van der Waals surface area contributed by atoms with Gasteiger partial charge >= 0.3 is 5.97 Å². The summed E-state index contributed by atoms with van der Waals surface area (Å²) in [5.74, 6) is 0.628. The normalized spacial score (nSPS) is 20.2. The van der Waals surface area contributed by atoms with Crippen molar-refractivity contribution in [2.75, 3.05) is 0 Å². The van der Waals surface area contributed by atoms with E-state index in [9.17, 15) is 9.90 Å². The Bertz CT molecular complexity index is 946. The number of halogens is 1. The van der Waals surface area contributed by atoms with Crippen LogP contribution in [0.25, 0.3) is 0 Å². The molecular weight excluding hydrogens is 404 g/mol. The maximum atomic E-state index is 12.1. The Hall–Kier alpha value is -1.85. The number of thiophene rings is 1. The Balaban J connectivity index is 1.60. The first kappa shape index (κ1) is 20.4. The van der Waals surface area contributed by atoms with Gasteiger partial charge in [-0.15, -0.1) is 0 Å². The third kappa shape index (κ3) is 5.01. The predicted octanol–water partition coefficient (Wildman–Crippen LogP) is 5.11. The monoisotopic (exact) mass is 430 g/mol. The summed E-state index contributed by atoms with van der Waals surface area (Å²) < 4.78 is 0. The fourth-order valence-corrected chi connectivity index (χ4v) is 5.12. The van der Waals surface area contributed by atoms with Gasteiger partial charge in [-0.2, -0.15) is 11.3 Å². The van der Waals surface area contributed by atoms with Crippen LogP contribution < -0.4 is 5.32 Å². The molecule has 1 aromatic heterocycles. The van der Waals surface area contributed by atoms with E-state index in [0.29, 0.717) is 17.3 Å². The molecule has 1 unspecified atom stereocenters. The largest absolute Gasteiger partial charge is 0.480 e. The van der Waals surface area contributed by atoms with Gasteiger partial charge in [0.1, 0.15) is 5.84 Å². The number of hydrogen-bond acceptors (Lipinski definition) is 3. The van der Waals surface area contributed by atoms with Crippen molar-refractivity contribution >= 4 is 34.7 Å². The topological polar surface area (TPSA) is 61.7 Å². The van der Waals surface area contributed by atoms with Gasteiger partial charge in [-0.25, -0.2) is 4.79 Å². The highest BCUT2D eigenvalue weighted by atomic mass is 35.5. The number of fused-ring (bicyclic) bond motifs is 1. The molecule has 0 radical (unpaired) electrons. The molecule has 2 N–H and O–H groups in total. The van der Waals surface area contributed by atoms with Crippen molar-refractivity contribution in [3.63, 3.8) is 0 Å². The average molecular weight is 431 g/mol. The maximum Gasteiger partial charge on any atom is 0.328 e. The smallest absolute Gasteiger partial charge is 0.328 e. The van der Waals surface area contributed by atoms with E-state index in [0.717, 1.165) is 35.4 Å². The lowest BCUT2D eigenvalue weighted by Crippen LogP contribution is -2.50. The minimum absolute atomic E-state index is 0.211. The Labute approximate surface area is 181 Å². The minimum atomic E-state index is -0.891. The minimum Gasteiger partial charge on any atom is -0.480 e. The Morgan fingerprint density at radius 3 is 2.83 bits per heavy atom. The molecule has 1 aliphatic heterocycles. The van der Waals surface area contributed by atoms with Gasteiger partial charge < -0.3 is 10.4 Å². The maximum absolute atomic E-state index is 12.1. The van der Waals surface area contributed by atoms with E-state index >= 15 is 0 Å². The fourth-order valence-electron chi connectivity index (χ4n) is 4.02. The van der Waals surface area contributed by atoms with Gasteiger partial charge in [0.05, 0.1) is 0 Å². The van der Waals surface area contributed by atoms with Gasteiger partial charge in [0.2, 0.25) is 0 Å². The van der Waals surface area contributed by atoms with Crippen LogP contribution in [0.4, 0.5) is 0 Å². The number of nitrogens with zero attached hydrogens (tertiary/aromatic N) is 1. The number of benzene rings is 1. The lowest BCUT2D eigenvalue weighted by Gasteiger charge is -2.35. The van der Waals surface area contributed by atoms with Gasteiger partial charge in [0.25, 0.3) is 0 Å². The van der Waals surface area contributed by atoms with Crippen molar-refractivity contribution in [1.29, 1.82) is 0 Å². The number of aliphatic carboxylic acids is 1. The third-order valence-corrected chi connectivity index (χ3v) is 6.82. The number of hydrogen-bond donors (Lipinski definition) is 2. The summed E-state index contributed by atoms with van der Waals surface area (Å²) in [7, 11) is 0. The number of rotatable bonds is 7. The molecule has 2 aromatic rings. The van der Waals surface area contributed by atoms with E-state index in [1.54, 1.807) is 11.3 Å². The molecule has 1 saturated carbocycles. The lowest BCUT2D eigenvalue weighted by molar-refractivity contribution is -0.138. The lowest BCUT2D eigenvalue weighted by atomic mass is 9.87. The van der Waals surface area contributed by atoms with E-state index in [2.05, 4.69) is 29.9 Å². The van der Waals surface area contributed by atoms with Crippen LogP contribution in [0, 0.1) is 5.92 Å². The summed E-state index contributed by atoms with van der Waals surface area (Å²) in [5.41, 5.74) is 4.25. The summed E-state index contributed by atoms with van der Waals surface area (Å²) in [6, 6.07) is 4.91. The number of carboxylic acid groups (broad SMARTS) is 1. The molecule has 0 spiro atoms. The number of carboxylic acids is 1. The van der Waals surface area contributed by atoms with Crippen LogP contribution in [0.15, 0.2) is 34.0 Å². The first-order valence-corrected chi connectivity index (χ1v) is 11.5. The zero-order valence-electron chi connectivity index (χ0n) is 16.9. The summed E-state index contributed by atoms with van der Waals surface area (Å²) in [6.07, 6.45) is 6.17. The first-order chi connectivity index (χ1) is 13.8. The summed E-state index contributed by atoms with van der Waals surface area (Å²) >= 11 is 7.85. The van der Waals surface area contributed by atoms with E-state index in [1.807, 2.05) is 18.2 Å². The SMILES string of the molecule is CC1(C)Cc2cc(Cl)ccc2C(=NC(Cc2cscc2CCC2CC2)C(=O)O)N1. The van der Waals surface area contributed by atoms with Crippen molar-refractivity contribution in [3.05, 3.63) is 56.2 Å². The summed E-state index contributed by atoms with van der Waals surface area (Å²) in [6.45, 7) is 4.19. The molecule has 1 aromatic carbocycles. The Morgan fingerprint density at radius 2 is 2.10 bits per heavy atom. The Morgan fingerprint density at radius 1 is 1.34 bits per heavy atom. The van der Waals surface area contributed by atoms with E-state index in [1.165, 1.54) is 24.8 Å². The van der Waals surface area contributed by atoms with Crippen LogP contribution in [-0.2, 0) is 24.1 Å². The second-order valence-electron chi connectivity index (χ2n) is 8.93. The molecule has 0 bridgehead atoms. The summed E-state index contributed by atoms with van der Waals surface area (Å²) in [4.78, 5) is 16.8. The molecule has 29 heavy (non-hydrogen) atoms. The van der Waals surface area contributed by atoms with Gasteiger partial charge in [0, 0.05) is 22.5 Å². The molecule has 6 heteroatoms. The average Bonchev–Trinajstić information content (AvgIpc) is 3.36. The second-order valence-corrected chi connectivity index (χ2v) is 10.1.